The SMILES string of the molecule is C[C@H](NC(=O)c1ccc(C(O)CCc2ccc(OC(=O)[C@H](C)NC(=O)c3ccc(OCC(O)c4cccc(O)c4)cc3Cl)c(O)c2)cc1Cl)C(=O)O. The third-order valence-corrected chi connectivity index (χ3v) is 8.46. The van der Waals surface area contributed by atoms with Gasteiger partial charge in [0, 0.05) is 0 Å². The van der Waals surface area contributed by atoms with Crippen molar-refractivity contribution >= 4 is 47.0 Å². The molecule has 0 saturated heterocycles. The Balaban J connectivity index is 1.27. The minimum absolute atomic E-state index is 0.00216. The number of esters is 1. The molecular formula is C37H36Cl2N2O11. The summed E-state index contributed by atoms with van der Waals surface area (Å²) in [4.78, 5) is 49.0. The van der Waals surface area contributed by atoms with Crippen molar-refractivity contribution in [3.8, 4) is 23.0 Å². The van der Waals surface area contributed by atoms with Crippen LogP contribution in [0.5, 0.6) is 23.0 Å². The minimum atomic E-state index is -1.20. The number of phenolic OH excluding ortho intramolecular Hbond substituents is 2. The largest absolute Gasteiger partial charge is 0.508 e. The number of halogens is 2. The van der Waals surface area contributed by atoms with Gasteiger partial charge in [-0.05, 0) is 98.0 Å². The summed E-state index contributed by atoms with van der Waals surface area (Å²) in [5.74, 6) is -3.63. The Hall–Kier alpha value is -5.34. The van der Waals surface area contributed by atoms with Gasteiger partial charge in [0.1, 0.15) is 36.3 Å². The first-order valence-corrected chi connectivity index (χ1v) is 16.6. The summed E-state index contributed by atoms with van der Waals surface area (Å²) < 4.78 is 10.9. The van der Waals surface area contributed by atoms with Gasteiger partial charge in [-0.3, -0.25) is 14.4 Å². The van der Waals surface area contributed by atoms with Crippen molar-refractivity contribution in [3.05, 3.63) is 117 Å². The van der Waals surface area contributed by atoms with Crippen LogP contribution in [0.4, 0.5) is 0 Å². The highest BCUT2D eigenvalue weighted by Gasteiger charge is 2.23. The highest BCUT2D eigenvalue weighted by Crippen LogP contribution is 2.30. The van der Waals surface area contributed by atoms with Crippen LogP contribution in [-0.4, -0.2) is 68.0 Å². The van der Waals surface area contributed by atoms with Crippen LogP contribution in [0.2, 0.25) is 10.0 Å². The number of aliphatic hydroxyl groups excluding tert-OH is 2. The van der Waals surface area contributed by atoms with Crippen molar-refractivity contribution in [2.75, 3.05) is 6.61 Å². The van der Waals surface area contributed by atoms with Crippen molar-refractivity contribution in [2.24, 2.45) is 0 Å². The second kappa shape index (κ2) is 17.7. The molecule has 0 aliphatic heterocycles. The lowest BCUT2D eigenvalue weighted by Crippen LogP contribution is -2.40. The van der Waals surface area contributed by atoms with Gasteiger partial charge < -0.3 is 45.6 Å². The fourth-order valence-electron chi connectivity index (χ4n) is 4.84. The average molecular weight is 756 g/mol. The highest BCUT2D eigenvalue weighted by molar-refractivity contribution is 6.34. The van der Waals surface area contributed by atoms with Crippen LogP contribution in [0.3, 0.4) is 0 Å². The van der Waals surface area contributed by atoms with Gasteiger partial charge in [0.05, 0.1) is 27.3 Å². The lowest BCUT2D eigenvalue weighted by molar-refractivity contribution is -0.139. The number of aromatic hydroxyl groups is 2. The number of aryl methyl sites for hydroxylation is 1. The number of carbonyl (C=O) groups is 4. The quantitative estimate of drug-likeness (QED) is 0.0626. The predicted octanol–water partition coefficient (Wildman–Crippen LogP) is 5.11. The van der Waals surface area contributed by atoms with Gasteiger partial charge in [0.25, 0.3) is 11.8 Å². The molecule has 4 aromatic carbocycles. The summed E-state index contributed by atoms with van der Waals surface area (Å²) in [5.41, 5.74) is 1.59. The molecule has 0 aromatic heterocycles. The zero-order valence-corrected chi connectivity index (χ0v) is 29.4. The molecule has 0 fully saturated rings. The number of carboxylic acids is 1. The third-order valence-electron chi connectivity index (χ3n) is 7.83. The molecule has 0 bridgehead atoms. The standard InChI is InChI=1S/C37H36Cl2N2O11/c1-19(36(48)49)40-34(46)26-10-8-23(16-28(26)38)30(43)12-6-21-7-13-33(31(44)14-21)52-37(50)20(2)41-35(47)27-11-9-25(17-29(27)39)51-18-32(45)22-4-3-5-24(42)15-22/h3-5,7-11,13-17,19-20,30,32,42-45H,6,12,18H2,1-2H3,(H,40,46)(H,41,47)(H,48,49)/t19-,20-,30?,32?/m0/s1. The first-order chi connectivity index (χ1) is 24.6. The zero-order valence-electron chi connectivity index (χ0n) is 27.9. The summed E-state index contributed by atoms with van der Waals surface area (Å²) in [6.45, 7) is 2.56. The summed E-state index contributed by atoms with van der Waals surface area (Å²) in [7, 11) is 0. The number of carboxylic acid groups (broad SMARTS) is 1. The van der Waals surface area contributed by atoms with Gasteiger partial charge in [-0.15, -0.1) is 0 Å². The number of aliphatic carboxylic acids is 1. The van der Waals surface area contributed by atoms with Gasteiger partial charge in [-0.2, -0.15) is 0 Å². The molecule has 4 rings (SSSR count). The van der Waals surface area contributed by atoms with E-state index in [1.165, 1.54) is 74.5 Å². The molecule has 0 aliphatic rings. The smallest absolute Gasteiger partial charge is 0.333 e. The van der Waals surface area contributed by atoms with Crippen molar-refractivity contribution in [1.29, 1.82) is 0 Å². The molecule has 0 heterocycles. The molecule has 7 N–H and O–H groups in total. The van der Waals surface area contributed by atoms with E-state index in [1.54, 1.807) is 18.2 Å². The fraction of sp³-hybridized carbons (Fsp3) is 0.243. The number of hydrogen-bond donors (Lipinski definition) is 7. The van der Waals surface area contributed by atoms with E-state index in [2.05, 4.69) is 10.6 Å². The molecule has 4 aromatic rings. The second-order valence-electron chi connectivity index (χ2n) is 11.8. The lowest BCUT2D eigenvalue weighted by atomic mass is 10.00. The van der Waals surface area contributed by atoms with E-state index < -0.39 is 48.0 Å². The molecule has 4 atom stereocenters. The highest BCUT2D eigenvalue weighted by atomic mass is 35.5. The number of hydrogen-bond acceptors (Lipinski definition) is 10. The number of amides is 2. The fourth-order valence-corrected chi connectivity index (χ4v) is 5.37. The summed E-state index contributed by atoms with van der Waals surface area (Å²) in [6, 6.07) is 16.7. The Kier molecular flexibility index (Phi) is 13.5. The van der Waals surface area contributed by atoms with Crippen LogP contribution >= 0.6 is 23.2 Å². The Labute approximate surface area is 308 Å². The molecule has 15 heteroatoms. The first-order valence-electron chi connectivity index (χ1n) is 15.9. The Morgan fingerprint density at radius 2 is 1.38 bits per heavy atom. The van der Waals surface area contributed by atoms with E-state index in [-0.39, 0.29) is 57.2 Å². The summed E-state index contributed by atoms with van der Waals surface area (Å²) >= 11 is 12.5. The summed E-state index contributed by atoms with van der Waals surface area (Å²) in [6.07, 6.45) is -1.51. The van der Waals surface area contributed by atoms with E-state index in [0.29, 0.717) is 23.1 Å². The van der Waals surface area contributed by atoms with Crippen molar-refractivity contribution < 1.29 is 54.2 Å². The average Bonchev–Trinajstić information content (AvgIpc) is 3.10. The third kappa shape index (κ3) is 10.6. The van der Waals surface area contributed by atoms with Crippen LogP contribution in [0.15, 0.2) is 78.9 Å². The maximum Gasteiger partial charge on any atom is 0.333 e. The molecule has 2 unspecified atom stereocenters. The lowest BCUT2D eigenvalue weighted by Gasteiger charge is -2.16. The van der Waals surface area contributed by atoms with E-state index >= 15 is 0 Å². The number of carbonyl (C=O) groups excluding carboxylic acids is 3. The molecule has 274 valence electrons. The van der Waals surface area contributed by atoms with Crippen LogP contribution in [0, 0.1) is 0 Å². The van der Waals surface area contributed by atoms with Crippen molar-refractivity contribution in [2.45, 2.75) is 51.0 Å². The van der Waals surface area contributed by atoms with Gasteiger partial charge in [0.15, 0.2) is 11.5 Å². The normalized spacial score (nSPS) is 13.3. The Bertz CT molecular complexity index is 1950. The van der Waals surface area contributed by atoms with E-state index in [9.17, 15) is 39.6 Å². The van der Waals surface area contributed by atoms with Gasteiger partial charge >= 0.3 is 11.9 Å². The van der Waals surface area contributed by atoms with Gasteiger partial charge in [-0.25, -0.2) is 4.79 Å². The van der Waals surface area contributed by atoms with Crippen LogP contribution in [0.1, 0.15) is 69.9 Å². The number of ether oxygens (including phenoxy) is 2. The maximum atomic E-state index is 12.9. The Morgan fingerprint density at radius 1 is 0.750 bits per heavy atom. The van der Waals surface area contributed by atoms with E-state index in [1.807, 2.05) is 0 Å². The number of rotatable bonds is 15. The van der Waals surface area contributed by atoms with Crippen LogP contribution in [-0.2, 0) is 16.0 Å². The Morgan fingerprint density at radius 3 is 2.00 bits per heavy atom. The van der Waals surface area contributed by atoms with Gasteiger partial charge in [0.2, 0.25) is 0 Å². The molecule has 13 nitrogen and oxygen atoms in total. The molecule has 52 heavy (non-hydrogen) atoms. The van der Waals surface area contributed by atoms with Crippen LogP contribution < -0.4 is 20.1 Å². The first kappa shape index (κ1) is 39.4. The second-order valence-corrected chi connectivity index (χ2v) is 12.6. The number of benzene rings is 4. The monoisotopic (exact) mass is 754 g/mol. The molecule has 2 amide bonds. The molecule has 0 saturated carbocycles. The van der Waals surface area contributed by atoms with Crippen molar-refractivity contribution in [3.63, 3.8) is 0 Å². The van der Waals surface area contributed by atoms with Crippen LogP contribution in [0.25, 0.3) is 0 Å². The number of aliphatic hydroxyl groups is 2. The molecule has 0 spiro atoms. The van der Waals surface area contributed by atoms with Crippen molar-refractivity contribution in [1.82, 2.24) is 10.6 Å². The van der Waals surface area contributed by atoms with Gasteiger partial charge in [-0.1, -0.05) is 47.5 Å². The predicted molar refractivity (Wildman–Crippen MR) is 190 cm³/mol. The molecule has 0 aliphatic carbocycles. The van der Waals surface area contributed by atoms with E-state index in [4.69, 9.17) is 37.8 Å². The number of nitrogens with one attached hydrogen (secondary N) is 2. The topological polar surface area (TPSA) is 212 Å². The number of phenols is 2. The van der Waals surface area contributed by atoms with E-state index in [0.717, 1.165) is 0 Å². The molecular weight excluding hydrogens is 719 g/mol. The molecule has 0 radical (unpaired) electrons. The minimum Gasteiger partial charge on any atom is -0.508 e. The maximum absolute atomic E-state index is 12.9. The zero-order chi connectivity index (χ0) is 38.1. The summed E-state index contributed by atoms with van der Waals surface area (Å²) in [5, 5.41) is 55.0.